The number of fused-ring (bicyclic) bond motifs is 1. The second-order valence-corrected chi connectivity index (χ2v) is 4.47. The van der Waals surface area contributed by atoms with E-state index in [2.05, 4.69) is 20.6 Å². The Kier molecular flexibility index (Phi) is 5.09. The molecule has 0 bridgehead atoms. The fourth-order valence-corrected chi connectivity index (χ4v) is 2.05. The number of hydrogen-bond donors (Lipinski definition) is 3. The topological polar surface area (TPSA) is 79.3 Å². The van der Waals surface area contributed by atoms with Crippen LogP contribution in [-0.2, 0) is 4.74 Å². The summed E-state index contributed by atoms with van der Waals surface area (Å²) < 4.78 is 5.16. The Labute approximate surface area is 118 Å². The van der Waals surface area contributed by atoms with E-state index in [1.165, 1.54) is 0 Å². The van der Waals surface area contributed by atoms with Gasteiger partial charge in [0.2, 0.25) is 5.95 Å². The number of ether oxygens (including phenoxy) is 1. The summed E-state index contributed by atoms with van der Waals surface area (Å²) in [5, 5.41) is 16.3. The van der Waals surface area contributed by atoms with Crippen LogP contribution in [0, 0.1) is 0 Å². The van der Waals surface area contributed by atoms with E-state index in [9.17, 15) is 0 Å². The number of aliphatic hydroxyl groups excluding tert-OH is 1. The van der Waals surface area contributed by atoms with Crippen LogP contribution in [0.1, 0.15) is 6.42 Å². The Hall–Kier alpha value is -1.92. The van der Waals surface area contributed by atoms with Gasteiger partial charge in [-0.25, -0.2) is 4.98 Å². The number of methoxy groups -OCH3 is 1. The first-order valence-electron chi connectivity index (χ1n) is 6.59. The van der Waals surface area contributed by atoms with Gasteiger partial charge in [0.1, 0.15) is 5.82 Å². The van der Waals surface area contributed by atoms with E-state index >= 15 is 0 Å². The third kappa shape index (κ3) is 3.34. The quantitative estimate of drug-likeness (QED) is 0.711. The number of nitrogens with one attached hydrogen (secondary N) is 2. The van der Waals surface area contributed by atoms with Crippen LogP contribution < -0.4 is 10.6 Å². The van der Waals surface area contributed by atoms with Gasteiger partial charge in [-0.1, -0.05) is 12.1 Å². The minimum absolute atomic E-state index is 0.00742. The monoisotopic (exact) mass is 276 g/mol. The molecule has 0 fully saturated rings. The lowest BCUT2D eigenvalue weighted by Crippen LogP contribution is -2.27. The highest BCUT2D eigenvalue weighted by molar-refractivity contribution is 5.90. The Morgan fingerprint density at radius 1 is 1.30 bits per heavy atom. The number of nitrogens with zero attached hydrogens (tertiary/aromatic N) is 2. The summed E-state index contributed by atoms with van der Waals surface area (Å²) in [5.41, 5.74) is 0.870. The molecule has 20 heavy (non-hydrogen) atoms. The fourth-order valence-electron chi connectivity index (χ4n) is 2.05. The van der Waals surface area contributed by atoms with Crippen molar-refractivity contribution in [3.05, 3.63) is 24.3 Å². The number of anilines is 2. The van der Waals surface area contributed by atoms with Crippen molar-refractivity contribution in [2.24, 2.45) is 0 Å². The molecule has 0 aliphatic carbocycles. The van der Waals surface area contributed by atoms with E-state index < -0.39 is 0 Å². The van der Waals surface area contributed by atoms with Gasteiger partial charge in [0, 0.05) is 26.2 Å². The number of rotatable bonds is 7. The van der Waals surface area contributed by atoms with Gasteiger partial charge in [-0.15, -0.1) is 0 Å². The maximum absolute atomic E-state index is 9.11. The van der Waals surface area contributed by atoms with E-state index in [0.29, 0.717) is 19.0 Å². The smallest absolute Gasteiger partial charge is 0.224 e. The van der Waals surface area contributed by atoms with Gasteiger partial charge in [-0.05, 0) is 18.6 Å². The zero-order valence-corrected chi connectivity index (χ0v) is 11.8. The molecule has 0 aliphatic heterocycles. The molecule has 3 N–H and O–H groups in total. The van der Waals surface area contributed by atoms with Crippen LogP contribution in [0.5, 0.6) is 0 Å². The van der Waals surface area contributed by atoms with Gasteiger partial charge in [0.25, 0.3) is 0 Å². The molecule has 2 rings (SSSR count). The minimum Gasteiger partial charge on any atom is -0.396 e. The fraction of sp³-hybridized carbons (Fsp3) is 0.429. The number of benzene rings is 1. The Balaban J connectivity index is 2.35. The largest absolute Gasteiger partial charge is 0.396 e. The predicted octanol–water partition coefficient (Wildman–Crippen LogP) is 1.48. The molecule has 0 saturated heterocycles. The van der Waals surface area contributed by atoms with Gasteiger partial charge >= 0.3 is 0 Å². The molecule has 1 heterocycles. The van der Waals surface area contributed by atoms with Crippen LogP contribution in [-0.4, -0.2) is 48.5 Å². The van der Waals surface area contributed by atoms with Crippen molar-refractivity contribution in [3.8, 4) is 0 Å². The number of aliphatic hydroxyl groups is 1. The lowest BCUT2D eigenvalue weighted by molar-refractivity contribution is 0.170. The second kappa shape index (κ2) is 7.02. The maximum Gasteiger partial charge on any atom is 0.224 e. The van der Waals surface area contributed by atoms with Gasteiger partial charge in [-0.3, -0.25) is 0 Å². The van der Waals surface area contributed by atoms with Crippen molar-refractivity contribution in [1.29, 1.82) is 0 Å². The van der Waals surface area contributed by atoms with Gasteiger partial charge in [0.15, 0.2) is 0 Å². The van der Waals surface area contributed by atoms with Crippen molar-refractivity contribution in [3.63, 3.8) is 0 Å². The van der Waals surface area contributed by atoms with Crippen LogP contribution >= 0.6 is 0 Å². The van der Waals surface area contributed by atoms with E-state index in [1.54, 1.807) is 14.2 Å². The van der Waals surface area contributed by atoms with Gasteiger partial charge < -0.3 is 20.5 Å². The Bertz CT molecular complexity index is 556. The van der Waals surface area contributed by atoms with E-state index in [-0.39, 0.29) is 12.6 Å². The van der Waals surface area contributed by atoms with Crippen LogP contribution in [0.15, 0.2) is 24.3 Å². The molecule has 6 heteroatoms. The Morgan fingerprint density at radius 2 is 2.10 bits per heavy atom. The zero-order chi connectivity index (χ0) is 14.4. The Morgan fingerprint density at radius 3 is 2.80 bits per heavy atom. The summed E-state index contributed by atoms with van der Waals surface area (Å²) in [4.78, 5) is 8.86. The third-order valence-electron chi connectivity index (χ3n) is 3.01. The molecule has 1 aromatic carbocycles. The molecular weight excluding hydrogens is 256 g/mol. The normalized spacial score (nSPS) is 12.3. The molecule has 0 spiro atoms. The molecule has 0 amide bonds. The summed E-state index contributed by atoms with van der Waals surface area (Å²) in [6.45, 7) is 0.608. The molecule has 1 atom stereocenters. The van der Waals surface area contributed by atoms with E-state index in [0.717, 1.165) is 16.7 Å². The SMILES string of the molecule is CNc1nc(NC(CCO)COC)c2ccccc2n1. The summed E-state index contributed by atoms with van der Waals surface area (Å²) in [6.07, 6.45) is 0.598. The first-order chi connectivity index (χ1) is 9.78. The third-order valence-corrected chi connectivity index (χ3v) is 3.01. The highest BCUT2D eigenvalue weighted by atomic mass is 16.5. The highest BCUT2D eigenvalue weighted by Gasteiger charge is 2.12. The number of para-hydroxylation sites is 1. The highest BCUT2D eigenvalue weighted by Crippen LogP contribution is 2.22. The van der Waals surface area contributed by atoms with Crippen molar-refractivity contribution >= 4 is 22.7 Å². The first-order valence-corrected chi connectivity index (χ1v) is 6.59. The lowest BCUT2D eigenvalue weighted by atomic mass is 10.2. The van der Waals surface area contributed by atoms with Gasteiger partial charge in [0.05, 0.1) is 18.2 Å². The summed E-state index contributed by atoms with van der Waals surface area (Å²) in [5.74, 6) is 1.31. The van der Waals surface area contributed by atoms with Crippen molar-refractivity contribution in [1.82, 2.24) is 9.97 Å². The molecular formula is C14H20N4O2. The number of hydrogen-bond acceptors (Lipinski definition) is 6. The van der Waals surface area contributed by atoms with E-state index in [4.69, 9.17) is 9.84 Å². The summed E-state index contributed by atoms with van der Waals surface area (Å²) >= 11 is 0. The van der Waals surface area contributed by atoms with Crippen LogP contribution in [0.4, 0.5) is 11.8 Å². The molecule has 1 unspecified atom stereocenters. The van der Waals surface area contributed by atoms with Crippen molar-refractivity contribution in [2.75, 3.05) is 38.0 Å². The minimum atomic E-state index is 0.00742. The summed E-state index contributed by atoms with van der Waals surface area (Å²) in [7, 11) is 3.43. The molecule has 108 valence electrons. The second-order valence-electron chi connectivity index (χ2n) is 4.47. The zero-order valence-electron chi connectivity index (χ0n) is 11.8. The van der Waals surface area contributed by atoms with Gasteiger partial charge in [-0.2, -0.15) is 4.98 Å². The molecule has 0 saturated carbocycles. The first kappa shape index (κ1) is 14.5. The van der Waals surface area contributed by atoms with Crippen LogP contribution in [0.3, 0.4) is 0 Å². The molecule has 0 aliphatic rings. The van der Waals surface area contributed by atoms with Crippen molar-refractivity contribution in [2.45, 2.75) is 12.5 Å². The van der Waals surface area contributed by atoms with Crippen molar-refractivity contribution < 1.29 is 9.84 Å². The molecule has 1 aromatic heterocycles. The van der Waals surface area contributed by atoms with Crippen LogP contribution in [0.25, 0.3) is 10.9 Å². The maximum atomic E-state index is 9.11. The number of aromatic nitrogens is 2. The molecule has 6 nitrogen and oxygen atoms in total. The lowest BCUT2D eigenvalue weighted by Gasteiger charge is -2.19. The summed E-state index contributed by atoms with van der Waals surface area (Å²) in [6, 6.07) is 7.82. The molecule has 2 aromatic rings. The van der Waals surface area contributed by atoms with E-state index in [1.807, 2.05) is 24.3 Å². The predicted molar refractivity (Wildman–Crippen MR) is 80.1 cm³/mol. The average molecular weight is 276 g/mol. The molecule has 0 radical (unpaired) electrons. The average Bonchev–Trinajstić information content (AvgIpc) is 2.47. The standard InChI is InChI=1S/C14H20N4O2/c1-15-14-17-12-6-4-3-5-11(12)13(18-14)16-10(7-8-19)9-20-2/h3-6,10,19H,7-9H2,1-2H3,(H2,15,16,17,18). The van der Waals surface area contributed by atoms with Crippen LogP contribution in [0.2, 0.25) is 0 Å².